The normalized spacial score (nSPS) is 17.8. The van der Waals surface area contributed by atoms with Gasteiger partial charge in [-0.05, 0) is 42.4 Å². The van der Waals surface area contributed by atoms with Crippen molar-refractivity contribution in [2.75, 3.05) is 32.8 Å². The number of ether oxygens (including phenoxy) is 2. The van der Waals surface area contributed by atoms with Gasteiger partial charge in [0.2, 0.25) is 0 Å². The Labute approximate surface area is 185 Å². The van der Waals surface area contributed by atoms with Crippen LogP contribution < -0.4 is 9.47 Å². The van der Waals surface area contributed by atoms with Crippen LogP contribution >= 0.6 is 0 Å². The molecule has 0 saturated heterocycles. The molecule has 1 aliphatic rings. The third kappa shape index (κ3) is 4.86. The van der Waals surface area contributed by atoms with Gasteiger partial charge in [-0.1, -0.05) is 62.4 Å². The quantitative estimate of drug-likeness (QED) is 0.531. The van der Waals surface area contributed by atoms with Crippen molar-refractivity contribution in [3.8, 4) is 17.2 Å². The Bertz CT molecular complexity index is 968. The fraction of sp³-hybridized carbons (Fsp3) is 0.333. The van der Waals surface area contributed by atoms with Gasteiger partial charge in [0.15, 0.2) is 0 Å². The fourth-order valence-corrected chi connectivity index (χ4v) is 4.40. The molecule has 1 heterocycles. The molecular weight excluding hydrogens is 386 g/mol. The molecule has 4 rings (SSSR count). The van der Waals surface area contributed by atoms with Crippen LogP contribution in [0.25, 0.3) is 0 Å². The van der Waals surface area contributed by atoms with Crippen LogP contribution in [0.15, 0.2) is 72.8 Å². The lowest BCUT2D eigenvalue weighted by Gasteiger charge is -2.34. The van der Waals surface area contributed by atoms with Crippen molar-refractivity contribution in [2.24, 2.45) is 0 Å². The topological polar surface area (TPSA) is 41.9 Å². The summed E-state index contributed by atoms with van der Waals surface area (Å²) in [5.41, 5.74) is 3.58. The van der Waals surface area contributed by atoms with E-state index in [9.17, 15) is 5.11 Å². The largest absolute Gasteiger partial charge is 0.508 e. The number of nitrogens with zero attached hydrogens (tertiary/aromatic N) is 1. The van der Waals surface area contributed by atoms with Crippen molar-refractivity contribution in [1.29, 1.82) is 0 Å². The summed E-state index contributed by atoms with van der Waals surface area (Å²) in [5.74, 6) is 2.23. The number of hydrogen-bond acceptors (Lipinski definition) is 4. The first-order valence-corrected chi connectivity index (χ1v) is 11.1. The molecule has 1 aliphatic heterocycles. The molecule has 0 aliphatic carbocycles. The van der Waals surface area contributed by atoms with Crippen LogP contribution in [0.3, 0.4) is 0 Å². The van der Waals surface area contributed by atoms with Crippen LogP contribution in [0, 0.1) is 0 Å². The van der Waals surface area contributed by atoms with Gasteiger partial charge in [0.25, 0.3) is 0 Å². The molecular formula is C27H31NO3. The van der Waals surface area contributed by atoms with Crippen LogP contribution in [0.5, 0.6) is 17.2 Å². The van der Waals surface area contributed by atoms with E-state index in [0.717, 1.165) is 36.7 Å². The molecule has 3 aromatic carbocycles. The van der Waals surface area contributed by atoms with Gasteiger partial charge in [-0.3, -0.25) is 0 Å². The summed E-state index contributed by atoms with van der Waals surface area (Å²) in [5, 5.41) is 9.92. The molecule has 0 amide bonds. The molecule has 2 atom stereocenters. The highest BCUT2D eigenvalue weighted by Crippen LogP contribution is 2.47. The number of phenolic OH excluding ortho intramolecular Hbond substituents is 1. The Hall–Kier alpha value is -2.98. The molecule has 0 saturated carbocycles. The zero-order valence-corrected chi connectivity index (χ0v) is 18.3. The highest BCUT2D eigenvalue weighted by Gasteiger charge is 2.33. The first kappa shape index (κ1) is 21.3. The second-order valence-corrected chi connectivity index (χ2v) is 7.97. The highest BCUT2D eigenvalue weighted by atomic mass is 16.5. The summed E-state index contributed by atoms with van der Waals surface area (Å²) >= 11 is 0. The number of hydrogen-bond donors (Lipinski definition) is 1. The summed E-state index contributed by atoms with van der Waals surface area (Å²) in [4.78, 5) is 2.35. The van der Waals surface area contributed by atoms with Crippen molar-refractivity contribution in [1.82, 2.24) is 4.90 Å². The van der Waals surface area contributed by atoms with Gasteiger partial charge < -0.3 is 19.5 Å². The van der Waals surface area contributed by atoms with E-state index in [2.05, 4.69) is 67.3 Å². The van der Waals surface area contributed by atoms with E-state index in [1.807, 2.05) is 12.1 Å². The zero-order valence-electron chi connectivity index (χ0n) is 18.3. The van der Waals surface area contributed by atoms with Crippen LogP contribution in [-0.4, -0.2) is 42.9 Å². The van der Waals surface area contributed by atoms with Crippen LogP contribution in [0.2, 0.25) is 0 Å². The Morgan fingerprint density at radius 3 is 2.39 bits per heavy atom. The Balaban J connectivity index is 1.59. The lowest BCUT2D eigenvalue weighted by Crippen LogP contribution is -2.27. The Kier molecular flexibility index (Phi) is 6.78. The maximum absolute atomic E-state index is 9.92. The lowest BCUT2D eigenvalue weighted by molar-refractivity contribution is 0.222. The molecule has 162 valence electrons. The number of aromatic hydroxyl groups is 1. The van der Waals surface area contributed by atoms with Crippen LogP contribution in [-0.2, 0) is 0 Å². The van der Waals surface area contributed by atoms with E-state index in [1.54, 1.807) is 12.1 Å². The number of phenols is 1. The van der Waals surface area contributed by atoms with E-state index in [0.29, 0.717) is 13.2 Å². The number of rotatable bonds is 8. The van der Waals surface area contributed by atoms with E-state index in [-0.39, 0.29) is 17.6 Å². The highest BCUT2D eigenvalue weighted by molar-refractivity contribution is 5.50. The van der Waals surface area contributed by atoms with E-state index in [1.165, 1.54) is 11.1 Å². The first-order valence-electron chi connectivity index (χ1n) is 11.1. The molecule has 4 nitrogen and oxygen atoms in total. The van der Waals surface area contributed by atoms with Crippen molar-refractivity contribution < 1.29 is 14.6 Å². The molecule has 0 bridgehead atoms. The van der Waals surface area contributed by atoms with Gasteiger partial charge in [-0.15, -0.1) is 0 Å². The minimum atomic E-state index is 0.150. The maximum Gasteiger partial charge on any atom is 0.126 e. The third-order valence-electron chi connectivity index (χ3n) is 6.19. The summed E-state index contributed by atoms with van der Waals surface area (Å²) < 4.78 is 12.0. The average molecular weight is 418 g/mol. The standard InChI is InChI=1S/C27H31NO3/c1-3-28(4-2)16-17-30-23-13-10-21(11-14-23)27-24-15-12-22(29)18-26(24)31-19-25(27)20-8-6-5-7-9-20/h5-15,18,25,27,29H,3-4,16-17,19H2,1-2H3/t25-,27?/m1/s1. The summed E-state index contributed by atoms with van der Waals surface area (Å²) in [7, 11) is 0. The average Bonchev–Trinajstić information content (AvgIpc) is 2.82. The second-order valence-electron chi connectivity index (χ2n) is 7.97. The maximum atomic E-state index is 9.92. The molecule has 3 aromatic rings. The zero-order chi connectivity index (χ0) is 21.6. The van der Waals surface area contributed by atoms with Crippen LogP contribution in [0.1, 0.15) is 42.4 Å². The first-order chi connectivity index (χ1) is 15.2. The van der Waals surface area contributed by atoms with Crippen molar-refractivity contribution in [3.63, 3.8) is 0 Å². The van der Waals surface area contributed by atoms with Gasteiger partial charge in [0, 0.05) is 30.0 Å². The van der Waals surface area contributed by atoms with Gasteiger partial charge >= 0.3 is 0 Å². The van der Waals surface area contributed by atoms with Gasteiger partial charge in [0.05, 0.1) is 6.61 Å². The fourth-order valence-electron chi connectivity index (χ4n) is 4.40. The minimum Gasteiger partial charge on any atom is -0.508 e. The Morgan fingerprint density at radius 2 is 1.68 bits per heavy atom. The molecule has 1 unspecified atom stereocenters. The van der Waals surface area contributed by atoms with E-state index < -0.39 is 0 Å². The van der Waals surface area contributed by atoms with Gasteiger partial charge in [-0.2, -0.15) is 0 Å². The molecule has 0 fully saturated rings. The second kappa shape index (κ2) is 9.88. The van der Waals surface area contributed by atoms with Crippen LogP contribution in [0.4, 0.5) is 0 Å². The third-order valence-corrected chi connectivity index (χ3v) is 6.19. The SMILES string of the molecule is CCN(CC)CCOc1ccc(C2c3ccc(O)cc3OC[C@@H]2c2ccccc2)cc1. The van der Waals surface area contributed by atoms with Crippen molar-refractivity contribution in [2.45, 2.75) is 25.7 Å². The van der Waals surface area contributed by atoms with Gasteiger partial charge in [-0.25, -0.2) is 0 Å². The number of fused-ring (bicyclic) bond motifs is 1. The summed E-state index contributed by atoms with van der Waals surface area (Å²) in [6.45, 7) is 8.62. The molecule has 4 heteroatoms. The number of benzene rings is 3. The summed E-state index contributed by atoms with van der Waals surface area (Å²) in [6, 6.07) is 24.4. The van der Waals surface area contributed by atoms with Gasteiger partial charge in [0.1, 0.15) is 23.9 Å². The van der Waals surface area contributed by atoms with E-state index >= 15 is 0 Å². The monoisotopic (exact) mass is 417 g/mol. The number of likely N-dealkylation sites (N-methyl/N-ethyl adjacent to an activating group) is 1. The minimum absolute atomic E-state index is 0.150. The molecule has 0 aromatic heterocycles. The predicted octanol–water partition coefficient (Wildman–Crippen LogP) is 5.42. The van der Waals surface area contributed by atoms with E-state index in [4.69, 9.17) is 9.47 Å². The lowest BCUT2D eigenvalue weighted by atomic mass is 9.76. The predicted molar refractivity (Wildman–Crippen MR) is 124 cm³/mol. The molecule has 31 heavy (non-hydrogen) atoms. The molecule has 1 N–H and O–H groups in total. The molecule has 0 radical (unpaired) electrons. The molecule has 0 spiro atoms. The van der Waals surface area contributed by atoms with Crippen molar-refractivity contribution >= 4 is 0 Å². The summed E-state index contributed by atoms with van der Waals surface area (Å²) in [6.07, 6.45) is 0. The van der Waals surface area contributed by atoms with Crippen molar-refractivity contribution in [3.05, 3.63) is 89.5 Å². The Morgan fingerprint density at radius 1 is 0.935 bits per heavy atom. The smallest absolute Gasteiger partial charge is 0.126 e.